The molecule has 1 aromatic carbocycles. The summed E-state index contributed by atoms with van der Waals surface area (Å²) in [4.78, 5) is 14.6. The van der Waals surface area contributed by atoms with Gasteiger partial charge >= 0.3 is 0 Å². The molecule has 5 nitrogen and oxygen atoms in total. The van der Waals surface area contributed by atoms with E-state index in [1.54, 1.807) is 12.1 Å². The number of carbonyl (C=O) groups is 1. The number of nitrogens with zero attached hydrogens (tertiary/aromatic N) is 1. The average molecular weight is 308 g/mol. The maximum atomic E-state index is 12.5. The van der Waals surface area contributed by atoms with Crippen LogP contribution >= 0.6 is 0 Å². The topological polar surface area (TPSA) is 66.5 Å². The molecule has 21 heavy (non-hydrogen) atoms. The van der Waals surface area contributed by atoms with Crippen molar-refractivity contribution in [2.75, 3.05) is 32.4 Å². The summed E-state index contributed by atoms with van der Waals surface area (Å²) in [5.74, 6) is -0.00109. The second kappa shape index (κ2) is 5.10. The molecule has 2 aliphatic rings. The van der Waals surface area contributed by atoms with Crippen LogP contribution in [0.25, 0.3) is 0 Å². The molecule has 2 fully saturated rings. The molecular weight excluding hydrogens is 288 g/mol. The predicted molar refractivity (Wildman–Crippen MR) is 80.0 cm³/mol. The van der Waals surface area contributed by atoms with Crippen LogP contribution in [0.15, 0.2) is 29.2 Å². The zero-order valence-electron chi connectivity index (χ0n) is 12.1. The zero-order valence-corrected chi connectivity index (χ0v) is 12.9. The van der Waals surface area contributed by atoms with Crippen molar-refractivity contribution >= 4 is 15.7 Å². The highest BCUT2D eigenvalue weighted by atomic mass is 32.2. The third-order valence-corrected chi connectivity index (χ3v) is 5.72. The molecule has 3 rings (SSSR count). The van der Waals surface area contributed by atoms with E-state index in [2.05, 4.69) is 5.32 Å². The second-order valence-electron chi connectivity index (χ2n) is 6.20. The number of carbonyl (C=O) groups excluding carboxylic acids is 1. The molecule has 0 aliphatic carbocycles. The van der Waals surface area contributed by atoms with Gasteiger partial charge in [0.15, 0.2) is 9.84 Å². The minimum atomic E-state index is -3.22. The van der Waals surface area contributed by atoms with Gasteiger partial charge in [0.05, 0.1) is 4.90 Å². The summed E-state index contributed by atoms with van der Waals surface area (Å²) >= 11 is 0. The first-order valence-corrected chi connectivity index (χ1v) is 9.09. The quantitative estimate of drug-likeness (QED) is 0.882. The Labute approximate surface area is 125 Å². The third kappa shape index (κ3) is 2.82. The van der Waals surface area contributed by atoms with E-state index in [1.165, 1.54) is 18.4 Å². The van der Waals surface area contributed by atoms with Gasteiger partial charge in [0.2, 0.25) is 0 Å². The van der Waals surface area contributed by atoms with Crippen LogP contribution in [-0.2, 0) is 9.84 Å². The van der Waals surface area contributed by atoms with Crippen LogP contribution < -0.4 is 5.32 Å². The molecule has 114 valence electrons. The zero-order chi connectivity index (χ0) is 15.1. The standard InChI is InChI=1S/C15H20N2O3S/c1-21(19,20)13-4-2-12(3-5-13)14(18)17-9-7-15(11-17)6-8-16-10-15/h2-5,16H,6-11H2,1H3. The lowest BCUT2D eigenvalue weighted by molar-refractivity contribution is 0.0775. The summed E-state index contributed by atoms with van der Waals surface area (Å²) in [7, 11) is -3.22. The Morgan fingerprint density at radius 1 is 1.24 bits per heavy atom. The lowest BCUT2D eigenvalue weighted by atomic mass is 9.86. The largest absolute Gasteiger partial charge is 0.338 e. The van der Waals surface area contributed by atoms with Crippen molar-refractivity contribution in [2.45, 2.75) is 17.7 Å². The highest BCUT2D eigenvalue weighted by Gasteiger charge is 2.41. The van der Waals surface area contributed by atoms with Crippen molar-refractivity contribution < 1.29 is 13.2 Å². The van der Waals surface area contributed by atoms with Crippen LogP contribution in [0.3, 0.4) is 0 Å². The van der Waals surface area contributed by atoms with Gasteiger partial charge < -0.3 is 10.2 Å². The van der Waals surface area contributed by atoms with Crippen molar-refractivity contribution in [3.05, 3.63) is 29.8 Å². The number of hydrogen-bond acceptors (Lipinski definition) is 4. The van der Waals surface area contributed by atoms with E-state index in [0.29, 0.717) is 5.56 Å². The number of benzene rings is 1. The Hall–Kier alpha value is -1.40. The van der Waals surface area contributed by atoms with Gasteiger partial charge in [-0.3, -0.25) is 4.79 Å². The Morgan fingerprint density at radius 2 is 1.95 bits per heavy atom. The van der Waals surface area contributed by atoms with Crippen molar-refractivity contribution in [3.63, 3.8) is 0 Å². The fourth-order valence-corrected chi connectivity index (χ4v) is 3.91. The number of rotatable bonds is 2. The average Bonchev–Trinajstić information content (AvgIpc) is 3.08. The molecule has 1 aromatic rings. The van der Waals surface area contributed by atoms with E-state index in [9.17, 15) is 13.2 Å². The maximum Gasteiger partial charge on any atom is 0.253 e. The summed E-state index contributed by atoms with van der Waals surface area (Å²) in [5.41, 5.74) is 0.813. The summed E-state index contributed by atoms with van der Waals surface area (Å²) in [6.07, 6.45) is 3.35. The highest BCUT2D eigenvalue weighted by Crippen LogP contribution is 2.36. The van der Waals surface area contributed by atoms with Gasteiger partial charge in [0.25, 0.3) is 5.91 Å². The van der Waals surface area contributed by atoms with Gasteiger partial charge in [-0.1, -0.05) is 0 Å². The van der Waals surface area contributed by atoms with Gasteiger partial charge in [-0.05, 0) is 43.7 Å². The van der Waals surface area contributed by atoms with Gasteiger partial charge in [0, 0.05) is 36.9 Å². The van der Waals surface area contributed by atoms with Crippen LogP contribution in [-0.4, -0.2) is 51.7 Å². The normalized spacial score (nSPS) is 25.7. The van der Waals surface area contributed by atoms with Crippen LogP contribution in [0, 0.1) is 5.41 Å². The molecule has 1 atom stereocenters. The van der Waals surface area contributed by atoms with E-state index < -0.39 is 9.84 Å². The summed E-state index contributed by atoms with van der Waals surface area (Å²) in [6.45, 7) is 3.61. The van der Waals surface area contributed by atoms with Crippen molar-refractivity contribution in [1.29, 1.82) is 0 Å². The Morgan fingerprint density at radius 3 is 2.52 bits per heavy atom. The number of nitrogens with one attached hydrogen (secondary N) is 1. The van der Waals surface area contributed by atoms with Crippen LogP contribution in [0.5, 0.6) is 0 Å². The Bertz CT molecular complexity index is 646. The molecule has 2 aliphatic heterocycles. The number of sulfone groups is 1. The van der Waals surface area contributed by atoms with Crippen molar-refractivity contribution in [1.82, 2.24) is 10.2 Å². The molecule has 2 saturated heterocycles. The van der Waals surface area contributed by atoms with Crippen molar-refractivity contribution in [2.24, 2.45) is 5.41 Å². The van der Waals surface area contributed by atoms with E-state index >= 15 is 0 Å². The highest BCUT2D eigenvalue weighted by molar-refractivity contribution is 7.90. The minimum Gasteiger partial charge on any atom is -0.338 e. The fraction of sp³-hybridized carbons (Fsp3) is 0.533. The molecule has 6 heteroatoms. The minimum absolute atomic E-state index is 0.00109. The van der Waals surface area contributed by atoms with Crippen LogP contribution in [0.4, 0.5) is 0 Å². The first-order valence-electron chi connectivity index (χ1n) is 7.20. The van der Waals surface area contributed by atoms with Gasteiger partial charge in [0.1, 0.15) is 0 Å². The first kappa shape index (κ1) is 14.5. The lowest BCUT2D eigenvalue weighted by Crippen LogP contribution is -2.33. The Balaban J connectivity index is 1.74. The van der Waals surface area contributed by atoms with E-state index in [4.69, 9.17) is 0 Å². The summed E-state index contributed by atoms with van der Waals surface area (Å²) in [5, 5.41) is 3.37. The van der Waals surface area contributed by atoms with Gasteiger partial charge in [-0.2, -0.15) is 0 Å². The van der Waals surface area contributed by atoms with E-state index in [0.717, 1.165) is 39.0 Å². The molecule has 0 radical (unpaired) electrons. The molecule has 0 saturated carbocycles. The number of likely N-dealkylation sites (tertiary alicyclic amines) is 1. The number of amides is 1. The molecule has 1 N–H and O–H groups in total. The van der Waals surface area contributed by atoms with Gasteiger partial charge in [-0.15, -0.1) is 0 Å². The van der Waals surface area contributed by atoms with Crippen LogP contribution in [0.2, 0.25) is 0 Å². The van der Waals surface area contributed by atoms with E-state index in [1.807, 2.05) is 4.90 Å². The maximum absolute atomic E-state index is 12.5. The molecule has 1 unspecified atom stereocenters. The molecule has 2 heterocycles. The smallest absolute Gasteiger partial charge is 0.253 e. The summed E-state index contributed by atoms with van der Waals surface area (Å²) in [6, 6.07) is 6.23. The molecule has 1 amide bonds. The van der Waals surface area contributed by atoms with Crippen molar-refractivity contribution in [3.8, 4) is 0 Å². The fourth-order valence-electron chi connectivity index (χ4n) is 3.28. The third-order valence-electron chi connectivity index (χ3n) is 4.59. The predicted octanol–water partition coefficient (Wildman–Crippen LogP) is 0.916. The Kier molecular flexibility index (Phi) is 3.53. The molecule has 0 bridgehead atoms. The molecular formula is C15H20N2O3S. The SMILES string of the molecule is CS(=O)(=O)c1ccc(C(=O)N2CCC3(CCNC3)C2)cc1. The van der Waals surface area contributed by atoms with E-state index in [-0.39, 0.29) is 16.2 Å². The lowest BCUT2D eigenvalue weighted by Gasteiger charge is -2.22. The second-order valence-corrected chi connectivity index (χ2v) is 8.22. The summed E-state index contributed by atoms with van der Waals surface area (Å²) < 4.78 is 22.9. The number of hydrogen-bond donors (Lipinski definition) is 1. The van der Waals surface area contributed by atoms with Gasteiger partial charge in [-0.25, -0.2) is 8.42 Å². The monoisotopic (exact) mass is 308 g/mol. The first-order chi connectivity index (χ1) is 9.90. The van der Waals surface area contributed by atoms with Crippen LogP contribution in [0.1, 0.15) is 23.2 Å². The molecule has 0 aromatic heterocycles. The molecule has 1 spiro atoms.